The molecule has 0 radical (unpaired) electrons. The van der Waals surface area contributed by atoms with Crippen molar-refractivity contribution in [1.82, 2.24) is 0 Å². The monoisotopic (exact) mass is 158 g/mol. The van der Waals surface area contributed by atoms with Crippen LogP contribution in [0.25, 0.3) is 0 Å². The Labute approximate surface area is 70.8 Å². The molecule has 1 unspecified atom stereocenters. The highest BCUT2D eigenvalue weighted by Crippen LogP contribution is 2.28. The fraction of sp³-hybridized carbons (Fsp3) is 1.00. The van der Waals surface area contributed by atoms with E-state index in [0.29, 0.717) is 5.41 Å². The van der Waals surface area contributed by atoms with Crippen molar-refractivity contribution < 1.29 is 5.11 Å². The number of hydrogen-bond donors (Lipinski definition) is 1. The van der Waals surface area contributed by atoms with Crippen molar-refractivity contribution in [2.45, 2.75) is 59.5 Å². The molecule has 0 rings (SSSR count). The van der Waals surface area contributed by atoms with Gasteiger partial charge in [0.05, 0.1) is 6.10 Å². The van der Waals surface area contributed by atoms with Gasteiger partial charge in [0.25, 0.3) is 0 Å². The van der Waals surface area contributed by atoms with Gasteiger partial charge < -0.3 is 5.11 Å². The first kappa shape index (κ1) is 11.0. The minimum absolute atomic E-state index is 0.100. The minimum atomic E-state index is -0.100. The molecule has 0 aliphatic heterocycles. The lowest BCUT2D eigenvalue weighted by Gasteiger charge is -2.26. The van der Waals surface area contributed by atoms with Gasteiger partial charge in [0.2, 0.25) is 0 Å². The molecule has 0 aliphatic rings. The quantitative estimate of drug-likeness (QED) is 0.652. The summed E-state index contributed by atoms with van der Waals surface area (Å²) < 4.78 is 0. The summed E-state index contributed by atoms with van der Waals surface area (Å²) in [6, 6.07) is 0. The maximum absolute atomic E-state index is 9.42. The molecule has 68 valence electrons. The average Bonchev–Trinajstić information content (AvgIpc) is 1.86. The smallest absolute Gasteiger partial charge is 0.0542 e. The van der Waals surface area contributed by atoms with Gasteiger partial charge in [0, 0.05) is 0 Å². The molecule has 0 aromatic carbocycles. The van der Waals surface area contributed by atoms with E-state index in [4.69, 9.17) is 0 Å². The van der Waals surface area contributed by atoms with E-state index in [1.165, 1.54) is 12.8 Å². The van der Waals surface area contributed by atoms with Crippen LogP contribution in [0, 0.1) is 5.41 Å². The minimum Gasteiger partial charge on any atom is -0.393 e. The molecule has 1 atom stereocenters. The Morgan fingerprint density at radius 1 is 1.27 bits per heavy atom. The molecule has 1 N–H and O–H groups in total. The van der Waals surface area contributed by atoms with Crippen LogP contribution >= 0.6 is 0 Å². The van der Waals surface area contributed by atoms with Gasteiger partial charge >= 0.3 is 0 Å². The van der Waals surface area contributed by atoms with Gasteiger partial charge in [0.15, 0.2) is 0 Å². The Morgan fingerprint density at radius 2 is 1.82 bits per heavy atom. The van der Waals surface area contributed by atoms with Crippen LogP contribution in [0.1, 0.15) is 53.4 Å². The van der Waals surface area contributed by atoms with Crippen LogP contribution in [0.2, 0.25) is 0 Å². The Balaban J connectivity index is 3.70. The topological polar surface area (TPSA) is 20.2 Å². The standard InChI is InChI=1S/C10H22O/c1-5-7-10(3,4)8-9(11)6-2/h9,11H,5-8H2,1-4H3. The highest BCUT2D eigenvalue weighted by atomic mass is 16.3. The highest BCUT2D eigenvalue weighted by Gasteiger charge is 2.19. The summed E-state index contributed by atoms with van der Waals surface area (Å²) in [4.78, 5) is 0. The first-order valence-corrected chi connectivity index (χ1v) is 4.70. The van der Waals surface area contributed by atoms with Crippen molar-refractivity contribution in [3.8, 4) is 0 Å². The average molecular weight is 158 g/mol. The van der Waals surface area contributed by atoms with E-state index in [2.05, 4.69) is 20.8 Å². The van der Waals surface area contributed by atoms with Gasteiger partial charge in [-0.05, 0) is 24.7 Å². The van der Waals surface area contributed by atoms with Crippen molar-refractivity contribution in [2.24, 2.45) is 5.41 Å². The molecule has 0 fully saturated rings. The zero-order chi connectivity index (χ0) is 8.91. The van der Waals surface area contributed by atoms with E-state index in [1.807, 2.05) is 6.92 Å². The molecule has 0 aliphatic carbocycles. The zero-order valence-corrected chi connectivity index (χ0v) is 8.35. The number of rotatable bonds is 5. The first-order chi connectivity index (χ1) is 5.02. The molecule has 0 spiro atoms. The third kappa shape index (κ3) is 5.25. The Kier molecular flexibility index (Phi) is 4.74. The van der Waals surface area contributed by atoms with E-state index < -0.39 is 0 Å². The summed E-state index contributed by atoms with van der Waals surface area (Å²) in [6.45, 7) is 8.69. The molecule has 0 aromatic heterocycles. The van der Waals surface area contributed by atoms with E-state index >= 15 is 0 Å². The maximum Gasteiger partial charge on any atom is 0.0542 e. The summed E-state index contributed by atoms with van der Waals surface area (Å²) in [5, 5.41) is 9.42. The van der Waals surface area contributed by atoms with Gasteiger partial charge in [-0.2, -0.15) is 0 Å². The van der Waals surface area contributed by atoms with Gasteiger partial charge in [-0.15, -0.1) is 0 Å². The number of aliphatic hydroxyl groups excluding tert-OH is 1. The largest absolute Gasteiger partial charge is 0.393 e. The highest BCUT2D eigenvalue weighted by molar-refractivity contribution is 4.71. The van der Waals surface area contributed by atoms with Gasteiger partial charge in [-0.25, -0.2) is 0 Å². The molecule has 0 saturated heterocycles. The van der Waals surface area contributed by atoms with Gasteiger partial charge in [-0.1, -0.05) is 34.1 Å². The van der Waals surface area contributed by atoms with E-state index in [-0.39, 0.29) is 6.10 Å². The molecule has 11 heavy (non-hydrogen) atoms. The zero-order valence-electron chi connectivity index (χ0n) is 8.35. The molecule has 0 heterocycles. The molecular formula is C10H22O. The second-order valence-corrected chi connectivity index (χ2v) is 4.18. The molecule has 0 saturated carbocycles. The van der Waals surface area contributed by atoms with Crippen LogP contribution < -0.4 is 0 Å². The van der Waals surface area contributed by atoms with Crippen molar-refractivity contribution in [1.29, 1.82) is 0 Å². The summed E-state index contributed by atoms with van der Waals surface area (Å²) in [5.41, 5.74) is 0.324. The molecule has 0 aromatic rings. The lowest BCUT2D eigenvalue weighted by atomic mass is 9.82. The van der Waals surface area contributed by atoms with E-state index in [9.17, 15) is 5.11 Å². The predicted molar refractivity (Wildman–Crippen MR) is 49.6 cm³/mol. The van der Waals surface area contributed by atoms with Crippen molar-refractivity contribution in [2.75, 3.05) is 0 Å². The van der Waals surface area contributed by atoms with Crippen molar-refractivity contribution >= 4 is 0 Å². The van der Waals surface area contributed by atoms with Crippen LogP contribution in [0.3, 0.4) is 0 Å². The predicted octanol–water partition coefficient (Wildman–Crippen LogP) is 2.97. The third-order valence-electron chi connectivity index (χ3n) is 2.19. The number of hydrogen-bond acceptors (Lipinski definition) is 1. The first-order valence-electron chi connectivity index (χ1n) is 4.70. The lowest BCUT2D eigenvalue weighted by molar-refractivity contribution is 0.105. The Bertz CT molecular complexity index is 97.0. The molecule has 0 amide bonds. The van der Waals surface area contributed by atoms with Crippen LogP contribution in [-0.4, -0.2) is 11.2 Å². The fourth-order valence-electron chi connectivity index (χ4n) is 1.56. The normalized spacial score (nSPS) is 15.0. The maximum atomic E-state index is 9.42. The van der Waals surface area contributed by atoms with Gasteiger partial charge in [0.1, 0.15) is 0 Å². The van der Waals surface area contributed by atoms with E-state index in [1.54, 1.807) is 0 Å². The number of aliphatic hydroxyl groups is 1. The molecule has 1 heteroatoms. The second kappa shape index (κ2) is 4.76. The Hall–Kier alpha value is -0.0400. The summed E-state index contributed by atoms with van der Waals surface area (Å²) >= 11 is 0. The lowest BCUT2D eigenvalue weighted by Crippen LogP contribution is -2.19. The van der Waals surface area contributed by atoms with Crippen LogP contribution in [0.4, 0.5) is 0 Å². The molecule has 1 nitrogen and oxygen atoms in total. The van der Waals surface area contributed by atoms with Crippen LogP contribution in [-0.2, 0) is 0 Å². The van der Waals surface area contributed by atoms with Gasteiger partial charge in [-0.3, -0.25) is 0 Å². The summed E-state index contributed by atoms with van der Waals surface area (Å²) in [7, 11) is 0. The van der Waals surface area contributed by atoms with Crippen LogP contribution in [0.5, 0.6) is 0 Å². The van der Waals surface area contributed by atoms with E-state index in [0.717, 1.165) is 12.8 Å². The third-order valence-corrected chi connectivity index (χ3v) is 2.19. The summed E-state index contributed by atoms with van der Waals surface area (Å²) in [5.74, 6) is 0. The fourth-order valence-corrected chi connectivity index (χ4v) is 1.56. The SMILES string of the molecule is CCCC(C)(C)CC(O)CC. The second-order valence-electron chi connectivity index (χ2n) is 4.18. The Morgan fingerprint density at radius 3 is 2.18 bits per heavy atom. The van der Waals surface area contributed by atoms with Crippen LogP contribution in [0.15, 0.2) is 0 Å². The van der Waals surface area contributed by atoms with Crippen molar-refractivity contribution in [3.05, 3.63) is 0 Å². The molecular weight excluding hydrogens is 136 g/mol. The summed E-state index contributed by atoms with van der Waals surface area (Å²) in [6.07, 6.45) is 4.15. The van der Waals surface area contributed by atoms with Crippen molar-refractivity contribution in [3.63, 3.8) is 0 Å². The molecule has 0 bridgehead atoms.